The first kappa shape index (κ1) is 12.9. The van der Waals surface area contributed by atoms with E-state index in [2.05, 4.69) is 20.6 Å². The van der Waals surface area contributed by atoms with Crippen molar-refractivity contribution in [3.05, 3.63) is 48.0 Å². The molecule has 0 aliphatic heterocycles. The number of carbonyl (C=O) groups is 1. The molecule has 2 N–H and O–H groups in total. The summed E-state index contributed by atoms with van der Waals surface area (Å²) in [6, 6.07) is 5.88. The fraction of sp³-hybridized carbons (Fsp3) is 0.154. The summed E-state index contributed by atoms with van der Waals surface area (Å²) < 4.78 is 12.7. The molecule has 0 spiro atoms. The van der Waals surface area contributed by atoms with Crippen LogP contribution < -0.4 is 10.6 Å². The Balaban J connectivity index is 2.11. The van der Waals surface area contributed by atoms with E-state index in [1.807, 2.05) is 6.92 Å². The van der Waals surface area contributed by atoms with Gasteiger partial charge in [0.05, 0.1) is 6.20 Å². The fourth-order valence-electron chi connectivity index (χ4n) is 1.49. The molecule has 0 aliphatic rings. The van der Waals surface area contributed by atoms with Crippen LogP contribution in [0.1, 0.15) is 17.3 Å². The van der Waals surface area contributed by atoms with E-state index in [0.29, 0.717) is 17.2 Å². The molecule has 0 fully saturated rings. The average Bonchev–Trinajstić information content (AvgIpc) is 2.42. The molecular formula is C13H13FN4O. The number of amides is 1. The zero-order chi connectivity index (χ0) is 13.7. The normalized spacial score (nSPS) is 10.0. The zero-order valence-corrected chi connectivity index (χ0v) is 10.4. The van der Waals surface area contributed by atoms with Gasteiger partial charge in [0, 0.05) is 18.3 Å². The van der Waals surface area contributed by atoms with Crippen molar-refractivity contribution in [3.63, 3.8) is 0 Å². The maximum atomic E-state index is 12.7. The highest BCUT2D eigenvalue weighted by molar-refractivity contribution is 6.04. The number of nitrogens with zero attached hydrogens (tertiary/aromatic N) is 2. The number of carbonyl (C=O) groups excluding carboxylic acids is 1. The van der Waals surface area contributed by atoms with Crippen molar-refractivity contribution < 1.29 is 9.18 Å². The molecule has 0 saturated carbocycles. The van der Waals surface area contributed by atoms with E-state index in [0.717, 1.165) is 12.7 Å². The summed E-state index contributed by atoms with van der Waals surface area (Å²) in [7, 11) is 0. The highest BCUT2D eigenvalue weighted by atomic mass is 19.1. The van der Waals surface area contributed by atoms with Gasteiger partial charge in [0.15, 0.2) is 0 Å². The first-order valence-electron chi connectivity index (χ1n) is 5.82. The van der Waals surface area contributed by atoms with Crippen molar-refractivity contribution in [2.75, 3.05) is 17.2 Å². The van der Waals surface area contributed by atoms with Gasteiger partial charge >= 0.3 is 0 Å². The lowest BCUT2D eigenvalue weighted by atomic mass is 10.2. The van der Waals surface area contributed by atoms with E-state index < -0.39 is 5.82 Å². The van der Waals surface area contributed by atoms with Crippen molar-refractivity contribution >= 4 is 17.5 Å². The third kappa shape index (κ3) is 3.48. The third-order valence-electron chi connectivity index (χ3n) is 2.35. The SMILES string of the molecule is CCNc1cc(C(=O)Nc2ccc(F)cn2)ccn1. The van der Waals surface area contributed by atoms with Gasteiger partial charge in [-0.05, 0) is 31.2 Å². The van der Waals surface area contributed by atoms with Gasteiger partial charge < -0.3 is 10.6 Å². The van der Waals surface area contributed by atoms with Crippen molar-refractivity contribution in [2.24, 2.45) is 0 Å². The van der Waals surface area contributed by atoms with Crippen molar-refractivity contribution in [2.45, 2.75) is 6.92 Å². The van der Waals surface area contributed by atoms with E-state index >= 15 is 0 Å². The topological polar surface area (TPSA) is 66.9 Å². The number of hydrogen-bond acceptors (Lipinski definition) is 4. The molecule has 0 aromatic carbocycles. The van der Waals surface area contributed by atoms with E-state index in [1.165, 1.54) is 12.1 Å². The number of nitrogens with one attached hydrogen (secondary N) is 2. The first-order chi connectivity index (χ1) is 9.19. The smallest absolute Gasteiger partial charge is 0.257 e. The minimum atomic E-state index is -0.448. The molecule has 0 aliphatic carbocycles. The van der Waals surface area contributed by atoms with Crippen molar-refractivity contribution in [1.29, 1.82) is 0 Å². The molecule has 5 nitrogen and oxygen atoms in total. The molecular weight excluding hydrogens is 247 g/mol. The van der Waals surface area contributed by atoms with Crippen LogP contribution in [0.5, 0.6) is 0 Å². The molecule has 0 unspecified atom stereocenters. The predicted molar refractivity (Wildman–Crippen MR) is 70.5 cm³/mol. The predicted octanol–water partition coefficient (Wildman–Crippen LogP) is 2.30. The quantitative estimate of drug-likeness (QED) is 0.885. The van der Waals surface area contributed by atoms with Crippen LogP contribution in [-0.2, 0) is 0 Å². The second-order valence-electron chi connectivity index (χ2n) is 3.78. The average molecular weight is 260 g/mol. The van der Waals surface area contributed by atoms with Crippen molar-refractivity contribution in [3.8, 4) is 0 Å². The molecule has 2 aromatic heterocycles. The standard InChI is InChI=1S/C13H13FN4O/c1-2-15-12-7-9(5-6-16-12)13(19)18-11-4-3-10(14)8-17-11/h3-8H,2H2,1H3,(H,15,16)(H,17,18,19). The molecule has 2 aromatic rings. The Hall–Kier alpha value is -2.50. The Morgan fingerprint density at radius 2 is 2.11 bits per heavy atom. The van der Waals surface area contributed by atoms with Gasteiger partial charge in [-0.1, -0.05) is 0 Å². The van der Waals surface area contributed by atoms with Crippen LogP contribution in [0.15, 0.2) is 36.7 Å². The van der Waals surface area contributed by atoms with Crippen LogP contribution in [0, 0.1) is 5.82 Å². The number of anilines is 2. The van der Waals surface area contributed by atoms with Gasteiger partial charge in [0.1, 0.15) is 17.5 Å². The molecule has 0 saturated heterocycles. The maximum Gasteiger partial charge on any atom is 0.257 e. The highest BCUT2D eigenvalue weighted by Gasteiger charge is 2.08. The Kier molecular flexibility index (Phi) is 4.02. The second-order valence-corrected chi connectivity index (χ2v) is 3.78. The largest absolute Gasteiger partial charge is 0.370 e. The summed E-state index contributed by atoms with van der Waals surface area (Å²) in [4.78, 5) is 19.8. The number of hydrogen-bond donors (Lipinski definition) is 2. The lowest BCUT2D eigenvalue weighted by Crippen LogP contribution is -2.13. The van der Waals surface area contributed by atoms with E-state index in [-0.39, 0.29) is 5.91 Å². The van der Waals surface area contributed by atoms with Gasteiger partial charge in [0.2, 0.25) is 0 Å². The number of aromatic nitrogens is 2. The molecule has 0 atom stereocenters. The first-order valence-corrected chi connectivity index (χ1v) is 5.82. The summed E-state index contributed by atoms with van der Waals surface area (Å²) in [5.74, 6) is 0.160. The van der Waals surface area contributed by atoms with Gasteiger partial charge in [-0.3, -0.25) is 4.79 Å². The molecule has 0 radical (unpaired) electrons. The van der Waals surface area contributed by atoms with E-state index in [9.17, 15) is 9.18 Å². The van der Waals surface area contributed by atoms with Gasteiger partial charge in [0.25, 0.3) is 5.91 Å². The summed E-state index contributed by atoms with van der Waals surface area (Å²) in [5.41, 5.74) is 0.456. The summed E-state index contributed by atoms with van der Waals surface area (Å²) in [6.07, 6.45) is 2.59. The minimum Gasteiger partial charge on any atom is -0.370 e. The monoisotopic (exact) mass is 260 g/mol. The molecule has 98 valence electrons. The molecule has 1 amide bonds. The van der Waals surface area contributed by atoms with Crippen LogP contribution in [-0.4, -0.2) is 22.4 Å². The molecule has 19 heavy (non-hydrogen) atoms. The lowest BCUT2D eigenvalue weighted by Gasteiger charge is -2.06. The van der Waals surface area contributed by atoms with Gasteiger partial charge in [-0.25, -0.2) is 14.4 Å². The Labute approximate surface area is 109 Å². The minimum absolute atomic E-state index is 0.299. The number of halogens is 1. The summed E-state index contributed by atoms with van der Waals surface area (Å²) >= 11 is 0. The van der Waals surface area contributed by atoms with Crippen LogP contribution in [0.2, 0.25) is 0 Å². The van der Waals surface area contributed by atoms with Gasteiger partial charge in [-0.2, -0.15) is 0 Å². The molecule has 6 heteroatoms. The Morgan fingerprint density at radius 1 is 1.26 bits per heavy atom. The number of pyridine rings is 2. The molecule has 2 rings (SSSR count). The third-order valence-corrected chi connectivity index (χ3v) is 2.35. The molecule has 0 bridgehead atoms. The Morgan fingerprint density at radius 3 is 2.79 bits per heavy atom. The van der Waals surface area contributed by atoms with Crippen LogP contribution in [0.25, 0.3) is 0 Å². The lowest BCUT2D eigenvalue weighted by molar-refractivity contribution is 0.102. The molecule has 2 heterocycles. The number of rotatable bonds is 4. The highest BCUT2D eigenvalue weighted by Crippen LogP contribution is 2.10. The van der Waals surface area contributed by atoms with E-state index in [1.54, 1.807) is 18.3 Å². The van der Waals surface area contributed by atoms with E-state index in [4.69, 9.17) is 0 Å². The zero-order valence-electron chi connectivity index (χ0n) is 10.4. The van der Waals surface area contributed by atoms with Crippen LogP contribution in [0.4, 0.5) is 16.0 Å². The second kappa shape index (κ2) is 5.90. The van der Waals surface area contributed by atoms with Gasteiger partial charge in [-0.15, -0.1) is 0 Å². The summed E-state index contributed by atoms with van der Waals surface area (Å²) in [6.45, 7) is 2.66. The van der Waals surface area contributed by atoms with Crippen LogP contribution in [0.3, 0.4) is 0 Å². The summed E-state index contributed by atoms with van der Waals surface area (Å²) in [5, 5.41) is 5.60. The fourth-order valence-corrected chi connectivity index (χ4v) is 1.49. The Bertz CT molecular complexity index is 571. The maximum absolute atomic E-state index is 12.7. The van der Waals surface area contributed by atoms with Crippen LogP contribution >= 0.6 is 0 Å². The van der Waals surface area contributed by atoms with Crippen molar-refractivity contribution in [1.82, 2.24) is 9.97 Å².